The van der Waals surface area contributed by atoms with E-state index in [1.165, 1.54) is 6.42 Å². The zero-order valence-corrected chi connectivity index (χ0v) is 8.25. The van der Waals surface area contributed by atoms with Crippen molar-refractivity contribution in [1.29, 1.82) is 0 Å². The van der Waals surface area contributed by atoms with Gasteiger partial charge in [0.25, 0.3) is 0 Å². The molecular formula is C11H12N2O2. The number of fused-ring (bicyclic) bond motifs is 1. The topological polar surface area (TPSA) is 58.0 Å². The summed E-state index contributed by atoms with van der Waals surface area (Å²) in [5.41, 5.74) is 2.61. The molecule has 1 unspecified atom stereocenters. The summed E-state index contributed by atoms with van der Waals surface area (Å²) >= 11 is 0. The van der Waals surface area contributed by atoms with Crippen LogP contribution in [-0.2, 0) is 0 Å². The molecule has 0 spiro atoms. The lowest BCUT2D eigenvalue weighted by Crippen LogP contribution is -2.13. The third-order valence-electron chi connectivity index (χ3n) is 2.92. The summed E-state index contributed by atoms with van der Waals surface area (Å²) in [6, 6.07) is 6.12. The number of rotatable bonds is 1. The van der Waals surface area contributed by atoms with E-state index in [1.54, 1.807) is 0 Å². The fourth-order valence-corrected chi connectivity index (χ4v) is 2.23. The zero-order chi connectivity index (χ0) is 10.3. The number of oxazole rings is 1. The van der Waals surface area contributed by atoms with E-state index in [1.807, 2.05) is 18.2 Å². The van der Waals surface area contributed by atoms with Crippen LogP contribution in [0.5, 0.6) is 0 Å². The molecule has 0 amide bonds. The molecule has 1 atom stereocenters. The molecule has 78 valence electrons. The molecule has 1 aliphatic heterocycles. The van der Waals surface area contributed by atoms with Gasteiger partial charge in [-0.1, -0.05) is 12.1 Å². The molecule has 0 saturated carbocycles. The Balaban J connectivity index is 2.20. The first kappa shape index (κ1) is 8.73. The normalized spacial score (nSPS) is 21.2. The monoisotopic (exact) mass is 204 g/mol. The minimum Gasteiger partial charge on any atom is -0.408 e. The van der Waals surface area contributed by atoms with Gasteiger partial charge in [0.05, 0.1) is 5.52 Å². The number of para-hydroxylation sites is 1. The van der Waals surface area contributed by atoms with Crippen LogP contribution >= 0.6 is 0 Å². The maximum atomic E-state index is 11.1. The summed E-state index contributed by atoms with van der Waals surface area (Å²) < 4.78 is 5.03. The lowest BCUT2D eigenvalue weighted by Gasteiger charge is -2.10. The number of aromatic amines is 1. The molecule has 2 heterocycles. The molecule has 0 aliphatic carbocycles. The van der Waals surface area contributed by atoms with E-state index in [2.05, 4.69) is 10.3 Å². The molecule has 15 heavy (non-hydrogen) atoms. The molecule has 2 N–H and O–H groups in total. The van der Waals surface area contributed by atoms with Crippen molar-refractivity contribution in [3.05, 3.63) is 34.3 Å². The van der Waals surface area contributed by atoms with Gasteiger partial charge in [-0.15, -0.1) is 0 Å². The Morgan fingerprint density at radius 1 is 1.40 bits per heavy atom. The second-order valence-electron chi connectivity index (χ2n) is 3.88. The van der Waals surface area contributed by atoms with Gasteiger partial charge in [0.2, 0.25) is 0 Å². The standard InChI is InChI=1S/C11H12N2O2/c14-11-13-10-7(8-4-2-6-12-8)3-1-5-9(10)15-11/h1,3,5,8,12H,2,4,6H2,(H,13,14). The average molecular weight is 204 g/mol. The number of H-pyrrole nitrogens is 1. The highest BCUT2D eigenvalue weighted by Gasteiger charge is 2.19. The van der Waals surface area contributed by atoms with E-state index in [0.29, 0.717) is 11.6 Å². The van der Waals surface area contributed by atoms with Crippen molar-refractivity contribution in [2.24, 2.45) is 0 Å². The molecule has 4 heteroatoms. The molecule has 1 aromatic heterocycles. The highest BCUT2D eigenvalue weighted by molar-refractivity contribution is 5.76. The van der Waals surface area contributed by atoms with Gasteiger partial charge in [-0.3, -0.25) is 4.98 Å². The summed E-state index contributed by atoms with van der Waals surface area (Å²) in [6.07, 6.45) is 2.30. The van der Waals surface area contributed by atoms with Crippen molar-refractivity contribution >= 4 is 11.1 Å². The highest BCUT2D eigenvalue weighted by Crippen LogP contribution is 2.27. The minimum atomic E-state index is -0.379. The van der Waals surface area contributed by atoms with Gasteiger partial charge in [-0.25, -0.2) is 4.79 Å². The first-order valence-corrected chi connectivity index (χ1v) is 5.20. The van der Waals surface area contributed by atoms with Crippen LogP contribution in [-0.4, -0.2) is 11.5 Å². The predicted octanol–water partition coefficient (Wildman–Crippen LogP) is 1.55. The zero-order valence-electron chi connectivity index (χ0n) is 8.25. The van der Waals surface area contributed by atoms with Crippen LogP contribution in [0.2, 0.25) is 0 Å². The molecule has 2 aromatic rings. The third kappa shape index (κ3) is 1.37. The Bertz CT molecular complexity index is 535. The SMILES string of the molecule is O=c1[nH]c2c(C3CCCN3)cccc2o1. The molecule has 3 rings (SSSR count). The van der Waals surface area contributed by atoms with E-state index < -0.39 is 0 Å². The average Bonchev–Trinajstić information content (AvgIpc) is 2.82. The predicted molar refractivity (Wildman–Crippen MR) is 56.8 cm³/mol. The second kappa shape index (κ2) is 3.24. The van der Waals surface area contributed by atoms with Crippen molar-refractivity contribution in [3.63, 3.8) is 0 Å². The fourth-order valence-electron chi connectivity index (χ4n) is 2.23. The molecule has 1 aliphatic rings. The molecule has 1 aromatic carbocycles. The fraction of sp³-hybridized carbons (Fsp3) is 0.364. The lowest BCUT2D eigenvalue weighted by molar-refractivity contribution is 0.555. The third-order valence-corrected chi connectivity index (χ3v) is 2.92. The second-order valence-corrected chi connectivity index (χ2v) is 3.88. The van der Waals surface area contributed by atoms with Gasteiger partial charge in [0, 0.05) is 6.04 Å². The van der Waals surface area contributed by atoms with E-state index >= 15 is 0 Å². The van der Waals surface area contributed by atoms with Crippen molar-refractivity contribution < 1.29 is 4.42 Å². The maximum absolute atomic E-state index is 11.1. The van der Waals surface area contributed by atoms with Gasteiger partial charge in [-0.05, 0) is 31.0 Å². The Labute approximate surface area is 86.3 Å². The summed E-state index contributed by atoms with van der Waals surface area (Å²) in [5, 5.41) is 3.41. The van der Waals surface area contributed by atoms with Crippen molar-refractivity contribution in [3.8, 4) is 0 Å². The van der Waals surface area contributed by atoms with E-state index in [0.717, 1.165) is 24.0 Å². The number of hydrogen-bond donors (Lipinski definition) is 2. The van der Waals surface area contributed by atoms with Gasteiger partial charge in [0.15, 0.2) is 5.58 Å². The van der Waals surface area contributed by atoms with Crippen LogP contribution in [0.3, 0.4) is 0 Å². The molecule has 0 radical (unpaired) electrons. The van der Waals surface area contributed by atoms with Crippen LogP contribution < -0.4 is 11.1 Å². The Morgan fingerprint density at radius 2 is 2.33 bits per heavy atom. The van der Waals surface area contributed by atoms with Gasteiger partial charge in [0.1, 0.15) is 0 Å². The molecule has 1 saturated heterocycles. The number of aromatic nitrogens is 1. The highest BCUT2D eigenvalue weighted by atomic mass is 16.4. The van der Waals surface area contributed by atoms with E-state index in [9.17, 15) is 4.79 Å². The maximum Gasteiger partial charge on any atom is 0.417 e. The summed E-state index contributed by atoms with van der Waals surface area (Å²) in [6.45, 7) is 1.04. The Morgan fingerprint density at radius 3 is 3.13 bits per heavy atom. The number of benzene rings is 1. The molecule has 0 bridgehead atoms. The van der Waals surface area contributed by atoms with Crippen LogP contribution in [0.25, 0.3) is 11.1 Å². The summed E-state index contributed by atoms with van der Waals surface area (Å²) in [5.74, 6) is -0.379. The summed E-state index contributed by atoms with van der Waals surface area (Å²) in [7, 11) is 0. The van der Waals surface area contributed by atoms with Crippen LogP contribution in [0.1, 0.15) is 24.4 Å². The van der Waals surface area contributed by atoms with Crippen LogP contribution in [0.15, 0.2) is 27.4 Å². The van der Waals surface area contributed by atoms with E-state index in [4.69, 9.17) is 4.42 Å². The van der Waals surface area contributed by atoms with E-state index in [-0.39, 0.29) is 5.76 Å². The van der Waals surface area contributed by atoms with Crippen LogP contribution in [0.4, 0.5) is 0 Å². The Hall–Kier alpha value is -1.55. The van der Waals surface area contributed by atoms with Crippen molar-refractivity contribution in [2.75, 3.05) is 6.54 Å². The molecule has 4 nitrogen and oxygen atoms in total. The van der Waals surface area contributed by atoms with Crippen LogP contribution in [0, 0.1) is 0 Å². The van der Waals surface area contributed by atoms with Gasteiger partial charge in [-0.2, -0.15) is 0 Å². The first-order chi connectivity index (χ1) is 7.34. The largest absolute Gasteiger partial charge is 0.417 e. The molecule has 1 fully saturated rings. The van der Waals surface area contributed by atoms with Gasteiger partial charge < -0.3 is 9.73 Å². The first-order valence-electron chi connectivity index (χ1n) is 5.20. The summed E-state index contributed by atoms with van der Waals surface area (Å²) in [4.78, 5) is 13.9. The van der Waals surface area contributed by atoms with Gasteiger partial charge >= 0.3 is 5.76 Å². The lowest BCUT2D eigenvalue weighted by atomic mass is 10.0. The number of hydrogen-bond acceptors (Lipinski definition) is 3. The van der Waals surface area contributed by atoms with Crippen molar-refractivity contribution in [1.82, 2.24) is 10.3 Å². The number of nitrogens with one attached hydrogen (secondary N) is 2. The smallest absolute Gasteiger partial charge is 0.408 e. The Kier molecular flexibility index (Phi) is 1.89. The van der Waals surface area contributed by atoms with Crippen molar-refractivity contribution in [2.45, 2.75) is 18.9 Å². The minimum absolute atomic E-state index is 0.349. The molecular weight excluding hydrogens is 192 g/mol. The quantitative estimate of drug-likeness (QED) is 0.740.